The van der Waals surface area contributed by atoms with Crippen LogP contribution in [0.5, 0.6) is 5.88 Å². The van der Waals surface area contributed by atoms with Crippen molar-refractivity contribution < 1.29 is 23.8 Å². The first kappa shape index (κ1) is 37.2. The molecule has 0 saturated heterocycles. The third-order valence-electron chi connectivity index (χ3n) is 6.91. The van der Waals surface area contributed by atoms with Crippen LogP contribution in [-0.2, 0) is 22.7 Å². The van der Waals surface area contributed by atoms with Crippen molar-refractivity contribution in [2.24, 2.45) is 0 Å². The molecule has 2 aliphatic rings. The maximum atomic E-state index is 11.8. The first-order valence-corrected chi connectivity index (χ1v) is 15.6. The van der Waals surface area contributed by atoms with Crippen LogP contribution in [0.4, 0.5) is 11.6 Å². The van der Waals surface area contributed by atoms with Crippen molar-refractivity contribution in [2.75, 3.05) is 11.5 Å². The summed E-state index contributed by atoms with van der Waals surface area (Å²) in [5.74, 6) is 0.0676. The molecule has 11 nitrogen and oxygen atoms in total. The summed E-state index contributed by atoms with van der Waals surface area (Å²) >= 11 is 0. The van der Waals surface area contributed by atoms with Crippen LogP contribution >= 0.6 is 0 Å². The lowest BCUT2D eigenvalue weighted by Gasteiger charge is -2.18. The topological polar surface area (TPSA) is 190 Å². The van der Waals surface area contributed by atoms with Gasteiger partial charge < -0.3 is 36.5 Å². The molecule has 3 aromatic rings. The molecule has 1 aliphatic carbocycles. The van der Waals surface area contributed by atoms with Gasteiger partial charge in [0.05, 0.1) is 10.9 Å². The molecule has 0 spiro atoms. The van der Waals surface area contributed by atoms with E-state index in [9.17, 15) is 14.7 Å². The number of carbonyl (C=O) groups is 2. The highest BCUT2D eigenvalue weighted by atomic mass is 16.5. The van der Waals surface area contributed by atoms with E-state index in [0.717, 1.165) is 33.3 Å². The molecule has 254 valence electrons. The fourth-order valence-corrected chi connectivity index (χ4v) is 4.80. The van der Waals surface area contributed by atoms with E-state index >= 15 is 0 Å². The van der Waals surface area contributed by atoms with Crippen LogP contribution in [0, 0.1) is 12.3 Å². The fraction of sp³-hybridized carbons (Fsp3) is 0.184. The predicted octanol–water partition coefficient (Wildman–Crippen LogP) is 6.81. The summed E-state index contributed by atoms with van der Waals surface area (Å²) in [6.07, 6.45) is 4.67. The van der Waals surface area contributed by atoms with Crippen molar-refractivity contribution in [1.29, 1.82) is 5.41 Å². The smallest absolute Gasteiger partial charge is 0.336 e. The number of amides is 1. The highest BCUT2D eigenvalue weighted by Gasteiger charge is 2.23. The minimum absolute atomic E-state index is 0.0425. The van der Waals surface area contributed by atoms with E-state index in [1.807, 2.05) is 51.1 Å². The maximum Gasteiger partial charge on any atom is 0.336 e. The highest BCUT2D eigenvalue weighted by Crippen LogP contribution is 2.40. The number of nitrogens with one attached hydrogen (secondary N) is 2. The van der Waals surface area contributed by atoms with Gasteiger partial charge >= 0.3 is 5.97 Å². The Labute approximate surface area is 285 Å². The number of aromatic nitrogens is 2. The summed E-state index contributed by atoms with van der Waals surface area (Å²) in [5, 5.41) is 21.3. The van der Waals surface area contributed by atoms with Gasteiger partial charge in [-0.1, -0.05) is 56.8 Å². The highest BCUT2D eigenvalue weighted by molar-refractivity contribution is 6.12. The van der Waals surface area contributed by atoms with Crippen LogP contribution in [0.25, 0.3) is 27.9 Å². The van der Waals surface area contributed by atoms with Gasteiger partial charge in [-0.15, -0.1) is 0 Å². The Bertz CT molecular complexity index is 2010. The van der Waals surface area contributed by atoms with Gasteiger partial charge in [-0.3, -0.25) is 4.79 Å². The van der Waals surface area contributed by atoms with Crippen molar-refractivity contribution >= 4 is 40.1 Å². The number of hydrogen-bond donors (Lipinski definition) is 5. The molecule has 1 aromatic heterocycles. The van der Waals surface area contributed by atoms with Crippen LogP contribution in [0.2, 0.25) is 0 Å². The van der Waals surface area contributed by atoms with E-state index in [-0.39, 0.29) is 17.4 Å². The molecule has 2 aromatic carbocycles. The lowest BCUT2D eigenvalue weighted by atomic mass is 9.89. The maximum absolute atomic E-state index is 11.8. The van der Waals surface area contributed by atoms with Gasteiger partial charge in [-0.2, -0.15) is 4.98 Å². The van der Waals surface area contributed by atoms with Gasteiger partial charge in [0, 0.05) is 59.6 Å². The summed E-state index contributed by atoms with van der Waals surface area (Å²) in [4.78, 5) is 30.7. The largest absolute Gasteiger partial charge is 0.478 e. The molecule has 0 unspecified atom stereocenters. The van der Waals surface area contributed by atoms with Gasteiger partial charge in [0.2, 0.25) is 17.7 Å². The number of nitrogens with zero attached hydrogens (tertiary/aromatic N) is 2. The van der Waals surface area contributed by atoms with Crippen molar-refractivity contribution in [1.82, 2.24) is 15.3 Å². The Kier molecular flexibility index (Phi) is 13.4. The number of carboxylic acids is 1. The number of allylic oxidation sites excluding steroid dienone is 3. The van der Waals surface area contributed by atoms with E-state index in [4.69, 9.17) is 26.0 Å². The molecule has 11 heteroatoms. The Balaban J connectivity index is 0.000000258. The molecule has 0 saturated carbocycles. The number of aryl methyl sites for hydroxylation is 1. The summed E-state index contributed by atoms with van der Waals surface area (Å²) in [7, 11) is 0. The van der Waals surface area contributed by atoms with E-state index in [2.05, 4.69) is 21.9 Å². The molecule has 1 amide bonds. The molecule has 5 rings (SSSR count). The van der Waals surface area contributed by atoms with E-state index < -0.39 is 5.97 Å². The number of nitrogen functional groups attached to an aromatic ring is 2. The first-order chi connectivity index (χ1) is 23.5. The number of benzene rings is 3. The SMILES string of the molecule is C=C/C=C(C(=O)O)\C(=C/C)c1c2ccc(=N)cc-2oc2cc(N)ccc12.CC.CC(=O)NCc1ccc(COc2cc(C)nc(N)n2)cc1. The molecule has 7 N–H and O–H groups in total. The minimum Gasteiger partial charge on any atom is -0.478 e. The van der Waals surface area contributed by atoms with Gasteiger partial charge in [0.25, 0.3) is 0 Å². The number of anilines is 2. The number of fused-ring (bicyclic) bond motifs is 2. The number of ether oxygens (including phenoxy) is 1. The third kappa shape index (κ3) is 10.1. The van der Waals surface area contributed by atoms with E-state index in [1.165, 1.54) is 19.1 Å². The van der Waals surface area contributed by atoms with Gasteiger partial charge in [-0.25, -0.2) is 9.78 Å². The van der Waals surface area contributed by atoms with Crippen LogP contribution in [0.3, 0.4) is 0 Å². The van der Waals surface area contributed by atoms with Crippen LogP contribution in [0.15, 0.2) is 102 Å². The number of rotatable bonds is 9. The molecular weight excluding hydrogens is 620 g/mol. The third-order valence-corrected chi connectivity index (χ3v) is 6.91. The lowest BCUT2D eigenvalue weighted by molar-refractivity contribution is -0.132. The number of nitrogens with two attached hydrogens (primary N) is 2. The Hall–Kier alpha value is -6.23. The van der Waals surface area contributed by atoms with Crippen molar-refractivity contribution in [3.8, 4) is 17.2 Å². The zero-order valence-corrected chi connectivity index (χ0v) is 28.3. The molecular formula is C38H42N6O5. The van der Waals surface area contributed by atoms with E-state index in [1.54, 1.807) is 49.4 Å². The zero-order chi connectivity index (χ0) is 36.1. The number of carboxylic acid groups (broad SMARTS) is 1. The van der Waals surface area contributed by atoms with Crippen molar-refractivity contribution in [2.45, 2.75) is 47.8 Å². The average molecular weight is 663 g/mol. The fourth-order valence-electron chi connectivity index (χ4n) is 4.80. The summed E-state index contributed by atoms with van der Waals surface area (Å²) in [5.41, 5.74) is 17.5. The lowest BCUT2D eigenvalue weighted by Crippen LogP contribution is -2.18. The molecule has 0 radical (unpaired) electrons. The number of aliphatic carboxylic acids is 1. The Morgan fingerprint density at radius 3 is 2.33 bits per heavy atom. The molecule has 49 heavy (non-hydrogen) atoms. The van der Waals surface area contributed by atoms with Crippen LogP contribution < -0.4 is 26.9 Å². The molecule has 0 bridgehead atoms. The zero-order valence-electron chi connectivity index (χ0n) is 28.3. The quantitative estimate of drug-likeness (QED) is 0.0488. The van der Waals surface area contributed by atoms with Gasteiger partial charge in [-0.05, 0) is 60.9 Å². The average Bonchev–Trinajstić information content (AvgIpc) is 3.07. The molecule has 0 fully saturated rings. The summed E-state index contributed by atoms with van der Waals surface area (Å²) in [6, 6.07) is 19.8. The second-order valence-corrected chi connectivity index (χ2v) is 10.5. The molecule has 0 atom stereocenters. The predicted molar refractivity (Wildman–Crippen MR) is 193 cm³/mol. The van der Waals surface area contributed by atoms with Crippen molar-refractivity contribution in [3.63, 3.8) is 0 Å². The standard InChI is InChI=1S/C21H18N2O3.C15H18N4O2.C2H6/c1-3-5-15(21(24)25)14(4-2)20-16-8-6-12(22)10-18(16)26-19-11-13(23)7-9-17(19)20;1-10-7-14(19-15(16)18-10)21-9-13-5-3-12(4-6-13)8-17-11(2)20;1-2/h3-11,22H,1,23H2,2H3,(H,24,25);3-7H,8-9H2,1-2H3,(H,17,20)(H2,16,18,19);1-2H3/b14-4+,15-5+,22-12?;;. The Morgan fingerprint density at radius 2 is 1.71 bits per heavy atom. The van der Waals surface area contributed by atoms with E-state index in [0.29, 0.717) is 47.0 Å². The molecule has 1 aliphatic heterocycles. The molecule has 2 heterocycles. The monoisotopic (exact) mass is 662 g/mol. The second-order valence-electron chi connectivity index (χ2n) is 10.5. The van der Waals surface area contributed by atoms with Gasteiger partial charge in [0.1, 0.15) is 18.0 Å². The van der Waals surface area contributed by atoms with Gasteiger partial charge in [0.15, 0.2) is 0 Å². The number of hydrogen-bond acceptors (Lipinski definition) is 9. The second kappa shape index (κ2) is 17.6. The van der Waals surface area contributed by atoms with Crippen molar-refractivity contribution in [3.05, 3.63) is 125 Å². The number of carbonyl (C=O) groups excluding carboxylic acids is 1. The Morgan fingerprint density at radius 1 is 1.02 bits per heavy atom. The summed E-state index contributed by atoms with van der Waals surface area (Å²) in [6.45, 7) is 13.7. The first-order valence-electron chi connectivity index (χ1n) is 15.6. The normalized spacial score (nSPS) is 11.1. The minimum atomic E-state index is -1.05. The van der Waals surface area contributed by atoms with Crippen LogP contribution in [-0.4, -0.2) is 27.0 Å². The summed E-state index contributed by atoms with van der Waals surface area (Å²) < 4.78 is 11.5. The van der Waals surface area contributed by atoms with Crippen LogP contribution in [0.1, 0.15) is 50.1 Å².